The van der Waals surface area contributed by atoms with Crippen molar-refractivity contribution in [2.24, 2.45) is 5.73 Å². The van der Waals surface area contributed by atoms with E-state index in [1.54, 1.807) is 24.0 Å². The molecule has 1 amide bonds. The molecule has 0 bridgehead atoms. The van der Waals surface area contributed by atoms with Gasteiger partial charge in [-0.05, 0) is 18.9 Å². The molecular formula is C16H14ClFN6O. The van der Waals surface area contributed by atoms with Crippen molar-refractivity contribution in [2.45, 2.75) is 13.5 Å². The molecule has 0 saturated carbocycles. The Morgan fingerprint density at radius 2 is 2.28 bits per heavy atom. The third-order valence-corrected chi connectivity index (χ3v) is 4.07. The lowest BCUT2D eigenvalue weighted by atomic mass is 10.1. The van der Waals surface area contributed by atoms with Crippen LogP contribution in [0.5, 0.6) is 0 Å². The van der Waals surface area contributed by atoms with Crippen molar-refractivity contribution in [3.8, 4) is 11.8 Å². The lowest BCUT2D eigenvalue weighted by Crippen LogP contribution is -2.13. The second-order valence-electron chi connectivity index (χ2n) is 5.14. The van der Waals surface area contributed by atoms with E-state index >= 15 is 0 Å². The Bertz CT molecular complexity index is 1040. The quantitative estimate of drug-likeness (QED) is 0.622. The maximum Gasteiger partial charge on any atom is 0.255 e. The SMILES string of the molecule is CCn1cnc2cc(C#Cc3[nH]nc(NC)c3C(N)=O)c(Cl)c(F)c21. The first-order chi connectivity index (χ1) is 12.0. The average molecular weight is 361 g/mol. The van der Waals surface area contributed by atoms with Gasteiger partial charge >= 0.3 is 0 Å². The number of H-pyrrole nitrogens is 1. The van der Waals surface area contributed by atoms with Gasteiger partial charge in [0.2, 0.25) is 0 Å². The van der Waals surface area contributed by atoms with Crippen LogP contribution in [0.2, 0.25) is 5.02 Å². The van der Waals surface area contributed by atoms with E-state index in [4.69, 9.17) is 17.3 Å². The fraction of sp³-hybridized carbons (Fsp3) is 0.188. The normalized spacial score (nSPS) is 10.6. The summed E-state index contributed by atoms with van der Waals surface area (Å²) in [7, 11) is 1.60. The smallest absolute Gasteiger partial charge is 0.255 e. The molecule has 3 aromatic rings. The molecule has 1 aromatic carbocycles. The lowest BCUT2D eigenvalue weighted by Gasteiger charge is -2.03. The number of carbonyl (C=O) groups is 1. The number of nitrogens with two attached hydrogens (primary N) is 1. The van der Waals surface area contributed by atoms with Crippen molar-refractivity contribution < 1.29 is 9.18 Å². The molecule has 3 rings (SSSR count). The molecule has 0 unspecified atom stereocenters. The Balaban J connectivity index is 2.12. The molecule has 0 saturated heterocycles. The highest BCUT2D eigenvalue weighted by Crippen LogP contribution is 2.28. The summed E-state index contributed by atoms with van der Waals surface area (Å²) in [5.41, 5.74) is 6.72. The Hall–Kier alpha value is -3.05. The van der Waals surface area contributed by atoms with Crippen molar-refractivity contribution in [3.63, 3.8) is 0 Å². The van der Waals surface area contributed by atoms with Crippen LogP contribution in [0.15, 0.2) is 12.4 Å². The summed E-state index contributed by atoms with van der Waals surface area (Å²) in [6.07, 6.45) is 1.54. The molecule has 4 N–H and O–H groups in total. The first kappa shape index (κ1) is 16.8. The molecule has 7 nitrogen and oxygen atoms in total. The monoisotopic (exact) mass is 360 g/mol. The van der Waals surface area contributed by atoms with E-state index in [9.17, 15) is 9.18 Å². The van der Waals surface area contributed by atoms with Crippen molar-refractivity contribution >= 4 is 34.4 Å². The van der Waals surface area contributed by atoms with Crippen LogP contribution in [0, 0.1) is 17.7 Å². The molecule has 0 fully saturated rings. The molecular weight excluding hydrogens is 347 g/mol. The zero-order valence-corrected chi connectivity index (χ0v) is 14.2. The number of aromatic amines is 1. The summed E-state index contributed by atoms with van der Waals surface area (Å²) in [5.74, 6) is 4.48. The molecule has 0 spiro atoms. The third kappa shape index (κ3) is 2.79. The van der Waals surface area contributed by atoms with Gasteiger partial charge in [-0.2, -0.15) is 5.10 Å². The molecule has 0 atom stereocenters. The number of aromatic nitrogens is 4. The van der Waals surface area contributed by atoms with E-state index in [1.807, 2.05) is 6.92 Å². The van der Waals surface area contributed by atoms with E-state index in [0.29, 0.717) is 17.6 Å². The number of benzene rings is 1. The number of halogens is 2. The van der Waals surface area contributed by atoms with Crippen LogP contribution in [-0.4, -0.2) is 32.7 Å². The highest BCUT2D eigenvalue weighted by molar-refractivity contribution is 6.32. The summed E-state index contributed by atoms with van der Waals surface area (Å²) in [5, 5.41) is 9.16. The molecule has 9 heteroatoms. The number of amides is 1. The van der Waals surface area contributed by atoms with Gasteiger partial charge in [0.25, 0.3) is 5.91 Å². The van der Waals surface area contributed by atoms with Crippen LogP contribution in [0.4, 0.5) is 10.2 Å². The average Bonchev–Trinajstić information content (AvgIpc) is 3.20. The number of anilines is 1. The summed E-state index contributed by atoms with van der Waals surface area (Å²) in [6.45, 7) is 2.45. The van der Waals surface area contributed by atoms with Gasteiger partial charge in [0, 0.05) is 19.2 Å². The fourth-order valence-electron chi connectivity index (χ4n) is 2.48. The van der Waals surface area contributed by atoms with E-state index in [-0.39, 0.29) is 27.7 Å². The minimum atomic E-state index is -0.684. The largest absolute Gasteiger partial charge is 0.371 e. The Morgan fingerprint density at radius 3 is 2.92 bits per heavy atom. The zero-order valence-electron chi connectivity index (χ0n) is 13.4. The van der Waals surface area contributed by atoms with E-state index in [0.717, 1.165) is 0 Å². The third-order valence-electron chi connectivity index (χ3n) is 3.70. The number of primary amides is 1. The molecule has 0 aliphatic rings. The first-order valence-corrected chi connectivity index (χ1v) is 7.76. The van der Waals surface area contributed by atoms with Crippen molar-refractivity contribution in [1.82, 2.24) is 19.7 Å². The van der Waals surface area contributed by atoms with Crippen LogP contribution < -0.4 is 11.1 Å². The number of nitrogens with one attached hydrogen (secondary N) is 2. The van der Waals surface area contributed by atoms with Gasteiger partial charge in [-0.1, -0.05) is 17.5 Å². The lowest BCUT2D eigenvalue weighted by molar-refractivity contribution is 0.100. The van der Waals surface area contributed by atoms with Gasteiger partial charge in [-0.25, -0.2) is 9.37 Å². The summed E-state index contributed by atoms with van der Waals surface area (Å²) >= 11 is 6.11. The molecule has 0 radical (unpaired) electrons. The van der Waals surface area contributed by atoms with Gasteiger partial charge in [0.05, 0.1) is 16.9 Å². The number of imidazole rings is 1. The van der Waals surface area contributed by atoms with Crippen LogP contribution in [0.1, 0.15) is 28.5 Å². The predicted molar refractivity (Wildman–Crippen MR) is 93.0 cm³/mol. The van der Waals surface area contributed by atoms with Crippen molar-refractivity contribution in [2.75, 3.05) is 12.4 Å². The standard InChI is InChI=1S/C16H14ClFN6O/c1-3-24-7-21-10-6-8(12(17)13(18)14(10)24)4-5-9-11(15(19)25)16(20-2)23-22-9/h6-7H,3H2,1-2H3,(H2,19,25)(H2,20,22,23). The highest BCUT2D eigenvalue weighted by atomic mass is 35.5. The second-order valence-corrected chi connectivity index (χ2v) is 5.51. The molecule has 2 heterocycles. The Kier molecular flexibility index (Phi) is 4.33. The van der Waals surface area contributed by atoms with Gasteiger partial charge in [-0.15, -0.1) is 0 Å². The van der Waals surface area contributed by atoms with Gasteiger partial charge in [0.1, 0.15) is 16.8 Å². The zero-order chi connectivity index (χ0) is 18.1. The maximum atomic E-state index is 14.6. The molecule has 128 valence electrons. The summed E-state index contributed by atoms with van der Waals surface area (Å²) in [4.78, 5) is 15.7. The minimum Gasteiger partial charge on any atom is -0.371 e. The number of fused-ring (bicyclic) bond motifs is 1. The summed E-state index contributed by atoms with van der Waals surface area (Å²) < 4.78 is 16.2. The van der Waals surface area contributed by atoms with Crippen LogP contribution in [0.25, 0.3) is 11.0 Å². The highest BCUT2D eigenvalue weighted by Gasteiger charge is 2.17. The van der Waals surface area contributed by atoms with Crippen LogP contribution in [-0.2, 0) is 6.54 Å². The van der Waals surface area contributed by atoms with E-state index in [1.165, 1.54) is 0 Å². The van der Waals surface area contributed by atoms with Crippen molar-refractivity contribution in [3.05, 3.63) is 40.1 Å². The maximum absolute atomic E-state index is 14.6. The Morgan fingerprint density at radius 1 is 1.52 bits per heavy atom. The van der Waals surface area contributed by atoms with Gasteiger partial charge < -0.3 is 15.6 Å². The Labute approximate surface area is 147 Å². The van der Waals surface area contributed by atoms with Gasteiger partial charge in [-0.3, -0.25) is 9.89 Å². The second kappa shape index (κ2) is 6.45. The number of nitrogens with zero attached hydrogens (tertiary/aromatic N) is 3. The predicted octanol–water partition coefficient (Wildman–Crippen LogP) is 2.11. The van der Waals surface area contributed by atoms with Crippen LogP contribution >= 0.6 is 11.6 Å². The van der Waals surface area contributed by atoms with E-state index in [2.05, 4.69) is 32.3 Å². The minimum absolute atomic E-state index is 0.107. The molecule has 0 aliphatic heterocycles. The topological polar surface area (TPSA) is 102 Å². The number of aryl methyl sites for hydroxylation is 1. The number of hydrogen-bond donors (Lipinski definition) is 3. The number of carbonyl (C=O) groups excluding carboxylic acids is 1. The van der Waals surface area contributed by atoms with Crippen molar-refractivity contribution in [1.29, 1.82) is 0 Å². The number of hydrogen-bond acceptors (Lipinski definition) is 4. The van der Waals surface area contributed by atoms with E-state index < -0.39 is 11.7 Å². The molecule has 25 heavy (non-hydrogen) atoms. The van der Waals surface area contributed by atoms with Crippen LogP contribution in [0.3, 0.4) is 0 Å². The summed E-state index contributed by atoms with van der Waals surface area (Å²) in [6, 6.07) is 1.60. The van der Waals surface area contributed by atoms with Gasteiger partial charge in [0.15, 0.2) is 11.6 Å². The fourth-order valence-corrected chi connectivity index (χ4v) is 2.67. The molecule has 0 aliphatic carbocycles. The number of rotatable bonds is 3. The first-order valence-electron chi connectivity index (χ1n) is 7.38. The molecule has 2 aromatic heterocycles.